The number of rotatable bonds is 2. The van der Waals surface area contributed by atoms with Crippen LogP contribution >= 0.6 is 21.6 Å². The van der Waals surface area contributed by atoms with E-state index in [1.807, 2.05) is 13.8 Å². The Balaban J connectivity index is 0.000000561. The molecule has 0 aromatic heterocycles. The van der Waals surface area contributed by atoms with Gasteiger partial charge in [0.25, 0.3) is 0 Å². The summed E-state index contributed by atoms with van der Waals surface area (Å²) in [6, 6.07) is 0. The molecule has 0 aromatic rings. The maximum atomic E-state index is 2.36. The van der Waals surface area contributed by atoms with Crippen LogP contribution in [0.4, 0.5) is 0 Å². The molecule has 0 radical (unpaired) electrons. The highest BCUT2D eigenvalue weighted by molar-refractivity contribution is 8.77. The highest BCUT2D eigenvalue weighted by atomic mass is 33.1. The minimum Gasteiger partial charge on any atom is -0.0904 e. The lowest BCUT2D eigenvalue weighted by Gasteiger charge is -2.15. The Hall–Kier alpha value is 0.700. The predicted molar refractivity (Wildman–Crippen MR) is 63.9 cm³/mol. The lowest BCUT2D eigenvalue weighted by molar-refractivity contribution is 0.480. The van der Waals surface area contributed by atoms with Crippen molar-refractivity contribution in [3.63, 3.8) is 0 Å². The number of hydrogen-bond acceptors (Lipinski definition) is 2. The minimum absolute atomic E-state index is 0.889. The van der Waals surface area contributed by atoms with Gasteiger partial charge in [0.1, 0.15) is 0 Å². The normalized spacial score (nSPS) is 34.2. The molecule has 0 N–H and O–H groups in total. The summed E-state index contributed by atoms with van der Waals surface area (Å²) in [5.41, 5.74) is 0. The molecule has 1 rings (SSSR count). The van der Waals surface area contributed by atoms with Crippen molar-refractivity contribution in [2.45, 2.75) is 58.0 Å². The van der Waals surface area contributed by atoms with Crippen LogP contribution in [-0.4, -0.2) is 10.5 Å². The van der Waals surface area contributed by atoms with E-state index in [1.54, 1.807) is 0 Å². The van der Waals surface area contributed by atoms with Crippen LogP contribution in [0.2, 0.25) is 0 Å². The maximum absolute atomic E-state index is 2.36. The van der Waals surface area contributed by atoms with E-state index in [1.165, 1.54) is 12.8 Å². The van der Waals surface area contributed by atoms with Crippen molar-refractivity contribution in [2.24, 2.45) is 5.92 Å². The van der Waals surface area contributed by atoms with Gasteiger partial charge in [-0.3, -0.25) is 0 Å². The average molecular weight is 206 g/mol. The molecule has 2 atom stereocenters. The molecule has 0 bridgehead atoms. The summed E-state index contributed by atoms with van der Waals surface area (Å²) in [6.07, 6.45) is 2.77. The van der Waals surface area contributed by atoms with Crippen LogP contribution in [0.1, 0.15) is 47.5 Å². The van der Waals surface area contributed by atoms with E-state index >= 15 is 0 Å². The third-order valence-electron chi connectivity index (χ3n) is 2.19. The molecule has 2 unspecified atom stereocenters. The molecule has 0 nitrogen and oxygen atoms in total. The van der Waals surface area contributed by atoms with Gasteiger partial charge in [0.05, 0.1) is 0 Å². The van der Waals surface area contributed by atoms with E-state index in [4.69, 9.17) is 0 Å². The van der Waals surface area contributed by atoms with E-state index in [-0.39, 0.29) is 0 Å². The van der Waals surface area contributed by atoms with Gasteiger partial charge < -0.3 is 0 Å². The quantitative estimate of drug-likeness (QED) is 0.606. The standard InChI is InChI=1S/C8H16S2.C2H6/c1-4-5-8-6(2)9-10-7(8)3;1-2/h6-8H,4-5H2,1-3H3;1-2H3. The van der Waals surface area contributed by atoms with Gasteiger partial charge in [0.2, 0.25) is 0 Å². The van der Waals surface area contributed by atoms with Crippen LogP contribution in [-0.2, 0) is 0 Å². The lowest BCUT2D eigenvalue weighted by atomic mass is 9.97. The zero-order valence-corrected chi connectivity index (χ0v) is 10.6. The molecule has 0 aliphatic carbocycles. The highest BCUT2D eigenvalue weighted by Gasteiger charge is 2.30. The molecule has 1 aliphatic rings. The Morgan fingerprint density at radius 3 is 1.75 bits per heavy atom. The zero-order valence-electron chi connectivity index (χ0n) is 8.96. The predicted octanol–water partition coefficient (Wildman–Crippen LogP) is 4.60. The van der Waals surface area contributed by atoms with Gasteiger partial charge >= 0.3 is 0 Å². The first kappa shape index (κ1) is 12.7. The van der Waals surface area contributed by atoms with Crippen LogP contribution in [0.5, 0.6) is 0 Å². The molecule has 0 amide bonds. The van der Waals surface area contributed by atoms with Gasteiger partial charge in [-0.15, -0.1) is 0 Å². The second-order valence-electron chi connectivity index (χ2n) is 3.06. The SMILES string of the molecule is CC.CCCC1C(C)SSC1C. The fourth-order valence-electron chi connectivity index (χ4n) is 1.50. The molecule has 0 saturated carbocycles. The summed E-state index contributed by atoms with van der Waals surface area (Å²) >= 11 is 0. The Morgan fingerprint density at radius 2 is 1.42 bits per heavy atom. The molecular formula is C10H22S2. The fraction of sp³-hybridized carbons (Fsp3) is 1.00. The fourth-order valence-corrected chi connectivity index (χ4v) is 4.89. The van der Waals surface area contributed by atoms with E-state index in [0.717, 1.165) is 16.4 Å². The first-order chi connectivity index (χ1) is 5.75. The highest BCUT2D eigenvalue weighted by Crippen LogP contribution is 2.48. The second-order valence-corrected chi connectivity index (χ2v) is 6.08. The van der Waals surface area contributed by atoms with Crippen LogP contribution in [0.15, 0.2) is 0 Å². The van der Waals surface area contributed by atoms with Crippen molar-refractivity contribution in [3.05, 3.63) is 0 Å². The molecule has 1 saturated heterocycles. The largest absolute Gasteiger partial charge is 0.0904 e. The molecule has 1 aliphatic heterocycles. The van der Waals surface area contributed by atoms with Crippen LogP contribution in [0, 0.1) is 5.92 Å². The first-order valence-electron chi connectivity index (χ1n) is 5.07. The Labute approximate surface area is 85.7 Å². The Bertz CT molecular complexity index is 94.0. The van der Waals surface area contributed by atoms with Gasteiger partial charge in [0.15, 0.2) is 0 Å². The molecule has 1 heterocycles. The van der Waals surface area contributed by atoms with E-state index in [9.17, 15) is 0 Å². The smallest absolute Gasteiger partial charge is 0.0162 e. The summed E-state index contributed by atoms with van der Waals surface area (Å²) in [7, 11) is 4.14. The van der Waals surface area contributed by atoms with Crippen molar-refractivity contribution < 1.29 is 0 Å². The zero-order chi connectivity index (χ0) is 9.56. The Morgan fingerprint density at radius 1 is 1.00 bits per heavy atom. The van der Waals surface area contributed by atoms with Crippen LogP contribution in [0.25, 0.3) is 0 Å². The molecular weight excluding hydrogens is 184 g/mol. The molecule has 12 heavy (non-hydrogen) atoms. The van der Waals surface area contributed by atoms with E-state index in [2.05, 4.69) is 42.4 Å². The number of hydrogen-bond donors (Lipinski definition) is 0. The monoisotopic (exact) mass is 206 g/mol. The summed E-state index contributed by atoms with van der Waals surface area (Å²) in [5.74, 6) is 0.972. The molecule has 74 valence electrons. The van der Waals surface area contributed by atoms with E-state index in [0.29, 0.717) is 0 Å². The van der Waals surface area contributed by atoms with Crippen LogP contribution < -0.4 is 0 Å². The second kappa shape index (κ2) is 7.14. The van der Waals surface area contributed by atoms with Gasteiger partial charge in [-0.2, -0.15) is 0 Å². The van der Waals surface area contributed by atoms with Crippen LogP contribution in [0.3, 0.4) is 0 Å². The van der Waals surface area contributed by atoms with Crippen molar-refractivity contribution in [3.8, 4) is 0 Å². The first-order valence-corrected chi connectivity index (χ1v) is 7.35. The third kappa shape index (κ3) is 3.61. The van der Waals surface area contributed by atoms with Crippen molar-refractivity contribution >= 4 is 21.6 Å². The van der Waals surface area contributed by atoms with E-state index < -0.39 is 0 Å². The van der Waals surface area contributed by atoms with Gasteiger partial charge in [-0.05, 0) is 12.3 Å². The molecule has 0 spiro atoms. The summed E-state index contributed by atoms with van der Waals surface area (Å²) < 4.78 is 0. The topological polar surface area (TPSA) is 0 Å². The Kier molecular flexibility index (Phi) is 7.55. The van der Waals surface area contributed by atoms with Crippen molar-refractivity contribution in [1.82, 2.24) is 0 Å². The minimum atomic E-state index is 0.889. The van der Waals surface area contributed by atoms with Gasteiger partial charge in [0, 0.05) is 10.5 Å². The average Bonchev–Trinajstić information content (AvgIpc) is 2.40. The maximum Gasteiger partial charge on any atom is 0.0162 e. The molecule has 1 fully saturated rings. The molecule has 2 heteroatoms. The van der Waals surface area contributed by atoms with Crippen molar-refractivity contribution in [1.29, 1.82) is 0 Å². The van der Waals surface area contributed by atoms with Gasteiger partial charge in [-0.1, -0.05) is 62.6 Å². The summed E-state index contributed by atoms with van der Waals surface area (Å²) in [5, 5.41) is 1.78. The van der Waals surface area contributed by atoms with Gasteiger partial charge in [-0.25, -0.2) is 0 Å². The molecule has 0 aromatic carbocycles. The third-order valence-corrected chi connectivity index (χ3v) is 5.76. The summed E-state index contributed by atoms with van der Waals surface area (Å²) in [4.78, 5) is 0. The van der Waals surface area contributed by atoms with Crippen molar-refractivity contribution in [2.75, 3.05) is 0 Å². The lowest BCUT2D eigenvalue weighted by Crippen LogP contribution is -2.16. The summed E-state index contributed by atoms with van der Waals surface area (Å²) in [6.45, 7) is 11.0.